The quantitative estimate of drug-likeness (QED) is 0.190. The highest BCUT2D eigenvalue weighted by Gasteiger charge is 2.19. The van der Waals surface area contributed by atoms with Gasteiger partial charge >= 0.3 is 0 Å². The van der Waals surface area contributed by atoms with E-state index in [-0.39, 0.29) is 29.7 Å². The first kappa shape index (κ1) is 20.9. The van der Waals surface area contributed by atoms with Gasteiger partial charge in [-0.1, -0.05) is 145 Å². The second-order valence-electron chi connectivity index (χ2n) is 11.3. The maximum absolute atomic E-state index is 8.78. The van der Waals surface area contributed by atoms with Gasteiger partial charge in [0.2, 0.25) is 0 Å². The third-order valence-electron chi connectivity index (χ3n) is 8.77. The van der Waals surface area contributed by atoms with Crippen molar-refractivity contribution in [3.63, 3.8) is 0 Å². The van der Waals surface area contributed by atoms with Gasteiger partial charge in [0, 0.05) is 10.8 Å². The van der Waals surface area contributed by atoms with E-state index in [9.17, 15) is 0 Å². The second kappa shape index (κ2) is 10.4. The van der Waals surface area contributed by atoms with E-state index in [2.05, 4.69) is 72.8 Å². The molecule has 210 valence electrons. The summed E-state index contributed by atoms with van der Waals surface area (Å²) in [6, 6.07) is 45.8. The number of furan rings is 1. The Hall–Kier alpha value is -5.92. The van der Waals surface area contributed by atoms with Crippen LogP contribution in [0.2, 0.25) is 0 Å². The summed E-state index contributed by atoms with van der Waals surface area (Å²) in [6.45, 7) is 0. The minimum absolute atomic E-state index is 0.189. The SMILES string of the molecule is [2H]c1c([2H])c([2H])c(-c2ccccc2-c2c3ccccc3c(-c3ccc4c(c3)oc3cc(-c5ccccc5)ccc34)c3ccccc23)c([2H])c1[2H]. The van der Waals surface area contributed by atoms with Crippen LogP contribution in [0.15, 0.2) is 174 Å². The van der Waals surface area contributed by atoms with Gasteiger partial charge in [-0.3, -0.25) is 0 Å². The summed E-state index contributed by atoms with van der Waals surface area (Å²) < 4.78 is 49.0. The zero-order valence-electron chi connectivity index (χ0n) is 29.2. The van der Waals surface area contributed by atoms with Gasteiger partial charge in [0.15, 0.2) is 0 Å². The van der Waals surface area contributed by atoms with Crippen molar-refractivity contribution in [1.82, 2.24) is 0 Å². The van der Waals surface area contributed by atoms with Crippen LogP contribution in [-0.4, -0.2) is 0 Å². The molecule has 0 N–H and O–H groups in total. The van der Waals surface area contributed by atoms with Gasteiger partial charge in [0.25, 0.3) is 0 Å². The van der Waals surface area contributed by atoms with E-state index in [4.69, 9.17) is 11.3 Å². The van der Waals surface area contributed by atoms with Gasteiger partial charge in [0.1, 0.15) is 11.2 Å². The summed E-state index contributed by atoms with van der Waals surface area (Å²) in [4.78, 5) is 0. The summed E-state index contributed by atoms with van der Waals surface area (Å²) in [6.07, 6.45) is 0. The Morgan fingerprint density at radius 3 is 1.51 bits per heavy atom. The Balaban J connectivity index is 1.30. The maximum Gasteiger partial charge on any atom is 0.136 e. The lowest BCUT2D eigenvalue weighted by Gasteiger charge is -2.19. The van der Waals surface area contributed by atoms with Crippen molar-refractivity contribution < 1.29 is 11.3 Å². The number of rotatable bonds is 4. The summed E-state index contributed by atoms with van der Waals surface area (Å²) >= 11 is 0. The third-order valence-corrected chi connectivity index (χ3v) is 8.77. The lowest BCUT2D eigenvalue weighted by atomic mass is 9.84. The van der Waals surface area contributed by atoms with E-state index in [1.54, 1.807) is 0 Å². The Bertz CT molecular complexity index is 2730. The fraction of sp³-hybridized carbons (Fsp3) is 0. The predicted octanol–water partition coefficient (Wildman–Crippen LogP) is 12.6. The molecule has 9 aromatic rings. The van der Waals surface area contributed by atoms with E-state index in [1.165, 1.54) is 0 Å². The zero-order valence-corrected chi connectivity index (χ0v) is 24.2. The fourth-order valence-corrected chi connectivity index (χ4v) is 6.78. The van der Waals surface area contributed by atoms with E-state index in [0.29, 0.717) is 5.56 Å². The van der Waals surface area contributed by atoms with Crippen molar-refractivity contribution in [2.24, 2.45) is 0 Å². The molecule has 0 spiro atoms. The molecule has 0 aliphatic rings. The average Bonchev–Trinajstić information content (AvgIpc) is 3.53. The second-order valence-corrected chi connectivity index (χ2v) is 11.3. The zero-order chi connectivity index (χ0) is 34.1. The highest BCUT2D eigenvalue weighted by Crippen LogP contribution is 2.46. The lowest BCUT2D eigenvalue weighted by Crippen LogP contribution is -1.92. The van der Waals surface area contributed by atoms with Crippen LogP contribution in [-0.2, 0) is 0 Å². The smallest absolute Gasteiger partial charge is 0.136 e. The Labute approximate surface area is 268 Å². The first-order chi connectivity index (χ1) is 24.4. The van der Waals surface area contributed by atoms with Crippen LogP contribution in [0.1, 0.15) is 6.85 Å². The highest BCUT2D eigenvalue weighted by atomic mass is 16.3. The van der Waals surface area contributed by atoms with E-state index >= 15 is 0 Å². The molecular formula is C44H28O. The van der Waals surface area contributed by atoms with E-state index < -0.39 is 6.04 Å². The molecule has 0 saturated heterocycles. The third kappa shape index (κ3) is 4.17. The number of hydrogen-bond acceptors (Lipinski definition) is 1. The minimum atomic E-state index is -0.403. The molecule has 0 bridgehead atoms. The normalized spacial score (nSPS) is 13.1. The molecule has 0 saturated carbocycles. The Morgan fingerprint density at radius 2 is 0.867 bits per heavy atom. The first-order valence-corrected chi connectivity index (χ1v) is 15.0. The van der Waals surface area contributed by atoms with Gasteiger partial charge in [0.05, 0.1) is 6.85 Å². The topological polar surface area (TPSA) is 13.1 Å². The molecule has 0 aliphatic heterocycles. The molecule has 0 atom stereocenters. The van der Waals surface area contributed by atoms with Crippen molar-refractivity contribution in [2.45, 2.75) is 0 Å². The van der Waals surface area contributed by atoms with Crippen LogP contribution >= 0.6 is 0 Å². The molecule has 0 unspecified atom stereocenters. The number of benzene rings is 8. The summed E-state index contributed by atoms with van der Waals surface area (Å²) in [5.74, 6) is 0. The molecule has 9 rings (SSSR count). The largest absolute Gasteiger partial charge is 0.456 e. The molecule has 45 heavy (non-hydrogen) atoms. The van der Waals surface area contributed by atoms with Crippen LogP contribution in [0.5, 0.6) is 0 Å². The lowest BCUT2D eigenvalue weighted by molar-refractivity contribution is 0.669. The van der Waals surface area contributed by atoms with Crippen LogP contribution in [0.25, 0.3) is 88.0 Å². The summed E-state index contributed by atoms with van der Waals surface area (Å²) in [5, 5.41) is 6.20. The predicted molar refractivity (Wildman–Crippen MR) is 190 cm³/mol. The molecule has 0 aliphatic carbocycles. The summed E-state index contributed by atoms with van der Waals surface area (Å²) in [7, 11) is 0. The molecule has 1 heterocycles. The maximum atomic E-state index is 8.78. The van der Waals surface area contributed by atoms with E-state index in [0.717, 1.165) is 76.9 Å². The van der Waals surface area contributed by atoms with Gasteiger partial charge in [-0.15, -0.1) is 0 Å². The fourth-order valence-electron chi connectivity index (χ4n) is 6.78. The Morgan fingerprint density at radius 1 is 0.356 bits per heavy atom. The molecule has 8 aromatic carbocycles. The van der Waals surface area contributed by atoms with Gasteiger partial charge in [-0.2, -0.15) is 0 Å². The average molecular weight is 578 g/mol. The Kier molecular flexibility index (Phi) is 4.81. The molecular weight excluding hydrogens is 544 g/mol. The molecule has 1 nitrogen and oxygen atoms in total. The van der Waals surface area contributed by atoms with Crippen LogP contribution in [0, 0.1) is 0 Å². The van der Waals surface area contributed by atoms with Crippen molar-refractivity contribution in [1.29, 1.82) is 0 Å². The van der Waals surface area contributed by atoms with Crippen molar-refractivity contribution >= 4 is 43.5 Å². The highest BCUT2D eigenvalue weighted by molar-refractivity contribution is 6.23. The minimum Gasteiger partial charge on any atom is -0.456 e. The van der Waals surface area contributed by atoms with Gasteiger partial charge in [-0.25, -0.2) is 0 Å². The number of fused-ring (bicyclic) bond motifs is 5. The summed E-state index contributed by atoms with van der Waals surface area (Å²) in [5.41, 5.74) is 8.52. The van der Waals surface area contributed by atoms with Crippen molar-refractivity contribution in [2.75, 3.05) is 0 Å². The van der Waals surface area contributed by atoms with Crippen molar-refractivity contribution in [3.05, 3.63) is 170 Å². The van der Waals surface area contributed by atoms with Gasteiger partial charge < -0.3 is 4.42 Å². The van der Waals surface area contributed by atoms with E-state index in [1.807, 2.05) is 66.7 Å². The molecule has 0 radical (unpaired) electrons. The van der Waals surface area contributed by atoms with Crippen LogP contribution < -0.4 is 0 Å². The van der Waals surface area contributed by atoms with Gasteiger partial charge in [-0.05, 0) is 90.3 Å². The molecule has 0 amide bonds. The first-order valence-electron chi connectivity index (χ1n) is 17.5. The van der Waals surface area contributed by atoms with Crippen LogP contribution in [0.4, 0.5) is 0 Å². The van der Waals surface area contributed by atoms with Crippen molar-refractivity contribution in [3.8, 4) is 44.5 Å². The standard InChI is InChI=1S/C44H28O/c1-3-13-29(14-4-1)31-23-25-34-35-26-24-32(28-42(35)45-41(34)27-31)43-37-19-9-11-21-39(37)44(40-22-12-10-20-38(40)43)36-18-8-7-17-33(36)30-15-5-2-6-16-30/h1-28H/i2D,5D,6D,15D,16D. The molecule has 0 fully saturated rings. The van der Waals surface area contributed by atoms with Crippen LogP contribution in [0.3, 0.4) is 0 Å². The molecule has 1 heteroatoms. The molecule has 1 aromatic heterocycles. The monoisotopic (exact) mass is 577 g/mol. The number of hydrogen-bond donors (Lipinski definition) is 0.